The van der Waals surface area contributed by atoms with Crippen LogP contribution in [0.3, 0.4) is 0 Å². The number of sulfone groups is 1. The van der Waals surface area contributed by atoms with Crippen LogP contribution in [0.4, 0.5) is 39.5 Å². The van der Waals surface area contributed by atoms with E-state index < -0.39 is 53.5 Å². The molecule has 0 atom stereocenters. The Morgan fingerprint density at radius 1 is 0.784 bits per heavy atom. The third-order valence-corrected chi connectivity index (χ3v) is 13.2. The van der Waals surface area contributed by atoms with Gasteiger partial charge in [0.2, 0.25) is 0 Å². The zero-order chi connectivity index (χ0) is 28.3. The van der Waals surface area contributed by atoms with Gasteiger partial charge >= 0.3 is 33.4 Å². The second-order valence-electron chi connectivity index (χ2n) is 8.19. The molecule has 2 aromatic carbocycles. The van der Waals surface area contributed by atoms with Crippen molar-refractivity contribution in [1.29, 1.82) is 0 Å². The Labute approximate surface area is 207 Å². The van der Waals surface area contributed by atoms with E-state index in [0.29, 0.717) is 5.39 Å². The lowest BCUT2D eigenvalue weighted by Crippen LogP contribution is -2.63. The third kappa shape index (κ3) is 4.80. The predicted octanol–water partition coefficient (Wildman–Crippen LogP) is 6.28. The van der Waals surface area contributed by atoms with Crippen LogP contribution >= 0.6 is 10.3 Å². The molecule has 0 radical (unpaired) electrons. The Bertz CT molecular complexity index is 1400. The van der Waals surface area contributed by atoms with E-state index in [9.17, 15) is 56.3 Å². The van der Waals surface area contributed by atoms with Gasteiger partial charge in [-0.2, -0.15) is 47.9 Å². The number of hydrogen-bond donors (Lipinski definition) is 0. The molecule has 0 bridgehead atoms. The molecule has 2 aromatic rings. The van der Waals surface area contributed by atoms with Crippen molar-refractivity contribution in [3.8, 4) is 0 Å². The summed E-state index contributed by atoms with van der Waals surface area (Å²) >= 11 is 0. The maximum atomic E-state index is 14.3. The van der Waals surface area contributed by atoms with Gasteiger partial charge in [-0.15, -0.1) is 0 Å². The largest absolute Gasteiger partial charge is 0.460 e. The summed E-state index contributed by atoms with van der Waals surface area (Å²) in [6.45, 7) is 1.41. The molecule has 210 valence electrons. The first-order valence-electron chi connectivity index (χ1n) is 10.4. The fraction of sp³-hybridized carbons (Fsp3) is 0.500. The molecule has 17 heteroatoms. The van der Waals surface area contributed by atoms with Gasteiger partial charge in [0.25, 0.3) is 0 Å². The van der Waals surface area contributed by atoms with Crippen molar-refractivity contribution in [2.45, 2.75) is 52.8 Å². The number of halogens is 9. The summed E-state index contributed by atoms with van der Waals surface area (Å²) < 4.78 is 173. The van der Waals surface area contributed by atoms with Gasteiger partial charge in [0, 0.05) is 16.4 Å². The minimum absolute atomic E-state index is 0.0375. The van der Waals surface area contributed by atoms with Crippen LogP contribution in [0.1, 0.15) is 19.8 Å². The van der Waals surface area contributed by atoms with E-state index in [4.69, 9.17) is 0 Å². The summed E-state index contributed by atoms with van der Waals surface area (Å²) in [6, 6.07) is 7.57. The Balaban J connectivity index is 2.07. The Kier molecular flexibility index (Phi) is 7.41. The van der Waals surface area contributed by atoms with Crippen LogP contribution in [-0.4, -0.2) is 57.4 Å². The molecule has 1 aliphatic heterocycles. The van der Waals surface area contributed by atoms with E-state index in [2.05, 4.69) is 3.63 Å². The van der Waals surface area contributed by atoms with Crippen LogP contribution in [0.25, 0.3) is 10.8 Å². The zero-order valence-corrected chi connectivity index (χ0v) is 21.1. The van der Waals surface area contributed by atoms with E-state index in [-0.39, 0.29) is 45.3 Å². The van der Waals surface area contributed by atoms with Gasteiger partial charge < -0.3 is 0 Å². The molecular weight excluding hydrogens is 587 g/mol. The van der Waals surface area contributed by atoms with Crippen molar-refractivity contribution in [2.24, 2.45) is 0 Å². The molecule has 0 unspecified atom stereocenters. The van der Waals surface area contributed by atoms with Gasteiger partial charge in [-0.3, -0.25) is 0 Å². The number of alkyl halides is 9. The average molecular weight is 607 g/mol. The molecule has 5 nitrogen and oxygen atoms in total. The van der Waals surface area contributed by atoms with Crippen molar-refractivity contribution in [3.05, 3.63) is 36.4 Å². The van der Waals surface area contributed by atoms with Crippen LogP contribution < -0.4 is 0 Å². The van der Waals surface area contributed by atoms with E-state index in [0.717, 1.165) is 0 Å². The van der Waals surface area contributed by atoms with E-state index in [1.165, 1.54) is 43.3 Å². The Hall–Kier alpha value is -1.72. The molecule has 37 heavy (non-hydrogen) atoms. The van der Waals surface area contributed by atoms with E-state index >= 15 is 0 Å². The van der Waals surface area contributed by atoms with Gasteiger partial charge in [0.1, 0.15) is 0 Å². The van der Waals surface area contributed by atoms with Crippen LogP contribution in [0.2, 0.25) is 0 Å². The maximum absolute atomic E-state index is 14.3. The van der Waals surface area contributed by atoms with Crippen LogP contribution in [0.5, 0.6) is 0 Å². The Morgan fingerprint density at radius 3 is 1.81 bits per heavy atom. The fourth-order valence-electron chi connectivity index (χ4n) is 3.64. The molecule has 3 rings (SSSR count). The fourth-order valence-corrected chi connectivity index (χ4v) is 10.2. The molecule has 1 saturated heterocycles. The minimum atomic E-state index is -7.39. The molecule has 0 N–H and O–H groups in total. The van der Waals surface area contributed by atoms with Gasteiger partial charge in [0.05, 0.1) is 10.6 Å². The highest BCUT2D eigenvalue weighted by Gasteiger charge is 2.86. The molecular formula is C20H19F9O5S3. The lowest BCUT2D eigenvalue weighted by molar-refractivity contribution is -0.382. The van der Waals surface area contributed by atoms with Crippen LogP contribution in [0, 0.1) is 0 Å². The molecule has 0 amide bonds. The highest BCUT2D eigenvalue weighted by Crippen LogP contribution is 2.65. The number of benzene rings is 2. The summed E-state index contributed by atoms with van der Waals surface area (Å²) in [5, 5.41) is -6.33. The molecule has 0 aliphatic carbocycles. The first kappa shape index (κ1) is 29.8. The Morgan fingerprint density at radius 2 is 1.30 bits per heavy atom. The maximum Gasteiger partial charge on any atom is 0.460 e. The molecule has 1 heterocycles. The highest BCUT2D eigenvalue weighted by atomic mass is 32.3. The van der Waals surface area contributed by atoms with Gasteiger partial charge in [-0.1, -0.05) is 29.4 Å². The van der Waals surface area contributed by atoms with Gasteiger partial charge in [-0.05, 0) is 47.9 Å². The van der Waals surface area contributed by atoms with E-state index in [1.807, 2.05) is 0 Å². The SMILES string of the molecule is CCS(=O)(=O)c1ccc2cc(S3(OS(=O)(=O)C(F)(F)C(F)(F)C(F)(F)C(F)(F)F)CCCC3)ccc2c1. The lowest BCUT2D eigenvalue weighted by atomic mass is 10.1. The second-order valence-corrected chi connectivity index (χ2v) is 15.3. The van der Waals surface area contributed by atoms with Gasteiger partial charge in [0.15, 0.2) is 9.84 Å². The molecule has 1 aliphatic rings. The highest BCUT2D eigenvalue weighted by molar-refractivity contribution is 8.33. The summed E-state index contributed by atoms with van der Waals surface area (Å²) in [5.74, 6) is -15.5. The number of rotatable bonds is 8. The van der Waals surface area contributed by atoms with Crippen molar-refractivity contribution in [3.63, 3.8) is 0 Å². The van der Waals surface area contributed by atoms with Crippen LogP contribution in [0.15, 0.2) is 46.2 Å². The number of fused-ring (bicyclic) bond motifs is 1. The predicted molar refractivity (Wildman–Crippen MR) is 117 cm³/mol. The molecule has 1 fully saturated rings. The first-order chi connectivity index (χ1) is 16.7. The summed E-state index contributed by atoms with van der Waals surface area (Å²) in [5.41, 5.74) is 0. The third-order valence-electron chi connectivity index (χ3n) is 5.80. The number of hydrogen-bond acceptors (Lipinski definition) is 5. The normalized spacial score (nSPS) is 18.8. The minimum Gasteiger partial charge on any atom is -0.224 e. The van der Waals surface area contributed by atoms with Crippen molar-refractivity contribution in [1.82, 2.24) is 0 Å². The van der Waals surface area contributed by atoms with Crippen LogP contribution in [-0.2, 0) is 23.6 Å². The quantitative estimate of drug-likeness (QED) is 0.331. The van der Waals surface area contributed by atoms with Crippen molar-refractivity contribution >= 4 is 41.0 Å². The molecule has 0 spiro atoms. The van der Waals surface area contributed by atoms with Gasteiger partial charge in [-0.25, -0.2) is 12.0 Å². The first-order valence-corrected chi connectivity index (χ1v) is 15.3. The second kappa shape index (κ2) is 9.19. The standard InChI is InChI=1S/C20H19F9O5S3/c1-2-36(30,31)16-8-6-13-11-15(7-5-14(13)12-16)35(9-3-4-10-35)34-37(32,33)20(28,29)18(23,24)17(21,22)19(25,26)27/h5-8,11-12H,2-4,9-10H2,1H3. The molecule has 0 aromatic heterocycles. The molecule has 0 saturated carbocycles. The van der Waals surface area contributed by atoms with E-state index in [1.54, 1.807) is 0 Å². The summed E-state index contributed by atoms with van der Waals surface area (Å²) in [4.78, 5) is -0.113. The van der Waals surface area contributed by atoms with Crippen molar-refractivity contribution < 1.29 is 60.0 Å². The van der Waals surface area contributed by atoms with Crippen molar-refractivity contribution in [2.75, 3.05) is 17.3 Å². The summed E-state index contributed by atoms with van der Waals surface area (Å²) in [6.07, 6.45) is -6.86. The average Bonchev–Trinajstić information content (AvgIpc) is 3.26. The lowest BCUT2D eigenvalue weighted by Gasteiger charge is -2.38. The summed E-state index contributed by atoms with van der Waals surface area (Å²) in [7, 11) is -14.0. The smallest absolute Gasteiger partial charge is 0.224 e. The zero-order valence-electron chi connectivity index (χ0n) is 18.7. The monoisotopic (exact) mass is 606 g/mol. The topological polar surface area (TPSA) is 77.5 Å².